The lowest BCUT2D eigenvalue weighted by atomic mass is 10.1. The number of aryl methyl sites for hydroxylation is 1. The fourth-order valence-corrected chi connectivity index (χ4v) is 3.19. The number of nitrogens with one attached hydrogen (secondary N) is 1. The smallest absolute Gasteiger partial charge is 0.240 e. The Labute approximate surface area is 158 Å². The molecule has 0 bridgehead atoms. The largest absolute Gasteiger partial charge is 0.493 e. The van der Waals surface area contributed by atoms with Crippen molar-refractivity contribution in [3.05, 3.63) is 35.6 Å². The lowest BCUT2D eigenvalue weighted by molar-refractivity contribution is -0.116. The van der Waals surface area contributed by atoms with Gasteiger partial charge in [0.25, 0.3) is 0 Å². The summed E-state index contributed by atoms with van der Waals surface area (Å²) in [5, 5.41) is 6.16. The number of ether oxygens (including phenoxy) is 2. The van der Waals surface area contributed by atoms with E-state index in [0.717, 1.165) is 16.1 Å². The minimum absolute atomic E-state index is 0.138. The van der Waals surface area contributed by atoms with Gasteiger partial charge < -0.3 is 19.3 Å². The number of aromatic nitrogens is 1. The second kappa shape index (κ2) is 8.87. The molecule has 148 valence electrons. The standard InChI is InChI=1S/C17H23N3O6S/c1-12-9-16(19-26-12)18-17(21)11-20(27(4,22)23)8-7-13-5-6-14(24-2)15(10-13)25-3/h5-6,9-10H,7-8,11H2,1-4H3,(H,18,19,21). The number of sulfonamides is 1. The van der Waals surface area contributed by atoms with Gasteiger partial charge in [0.1, 0.15) is 5.76 Å². The third kappa shape index (κ3) is 5.97. The van der Waals surface area contributed by atoms with Crippen molar-refractivity contribution in [3.63, 3.8) is 0 Å². The molecule has 1 aromatic heterocycles. The van der Waals surface area contributed by atoms with Crippen LogP contribution in [-0.4, -0.2) is 57.4 Å². The van der Waals surface area contributed by atoms with Crippen molar-refractivity contribution in [1.82, 2.24) is 9.46 Å². The van der Waals surface area contributed by atoms with Crippen LogP contribution >= 0.6 is 0 Å². The predicted octanol–water partition coefficient (Wildman–Crippen LogP) is 1.44. The highest BCUT2D eigenvalue weighted by Crippen LogP contribution is 2.27. The maximum absolute atomic E-state index is 12.1. The van der Waals surface area contributed by atoms with E-state index in [4.69, 9.17) is 14.0 Å². The van der Waals surface area contributed by atoms with Gasteiger partial charge in [-0.25, -0.2) is 8.42 Å². The van der Waals surface area contributed by atoms with Gasteiger partial charge in [-0.1, -0.05) is 11.2 Å². The van der Waals surface area contributed by atoms with Gasteiger partial charge in [0.15, 0.2) is 17.3 Å². The van der Waals surface area contributed by atoms with Crippen LogP contribution in [0.4, 0.5) is 5.82 Å². The molecule has 27 heavy (non-hydrogen) atoms. The number of anilines is 1. The quantitative estimate of drug-likeness (QED) is 0.681. The third-order valence-corrected chi connectivity index (χ3v) is 5.03. The second-order valence-electron chi connectivity index (χ2n) is 5.91. The number of amides is 1. The maximum atomic E-state index is 12.1. The molecular formula is C17H23N3O6S. The van der Waals surface area contributed by atoms with E-state index in [2.05, 4.69) is 10.5 Å². The molecule has 1 amide bonds. The summed E-state index contributed by atoms with van der Waals surface area (Å²) in [6.07, 6.45) is 1.47. The van der Waals surface area contributed by atoms with Crippen molar-refractivity contribution in [2.45, 2.75) is 13.3 Å². The van der Waals surface area contributed by atoms with Gasteiger partial charge in [0.05, 0.1) is 27.0 Å². The highest BCUT2D eigenvalue weighted by molar-refractivity contribution is 7.88. The summed E-state index contributed by atoms with van der Waals surface area (Å²) in [4.78, 5) is 12.1. The lowest BCUT2D eigenvalue weighted by Crippen LogP contribution is -2.38. The van der Waals surface area contributed by atoms with Crippen LogP contribution in [0.25, 0.3) is 0 Å². The molecular weight excluding hydrogens is 374 g/mol. The van der Waals surface area contributed by atoms with Gasteiger partial charge in [0, 0.05) is 12.6 Å². The molecule has 2 aromatic rings. The van der Waals surface area contributed by atoms with Crippen LogP contribution in [0.15, 0.2) is 28.8 Å². The molecule has 0 aliphatic rings. The fourth-order valence-electron chi connectivity index (χ4n) is 2.42. The first-order valence-electron chi connectivity index (χ1n) is 8.12. The first-order chi connectivity index (χ1) is 12.7. The summed E-state index contributed by atoms with van der Waals surface area (Å²) in [5.41, 5.74) is 0.855. The van der Waals surface area contributed by atoms with Gasteiger partial charge >= 0.3 is 0 Å². The van der Waals surface area contributed by atoms with E-state index >= 15 is 0 Å². The average Bonchev–Trinajstić information content (AvgIpc) is 3.01. The van der Waals surface area contributed by atoms with Gasteiger partial charge in [-0.15, -0.1) is 0 Å². The van der Waals surface area contributed by atoms with Crippen LogP contribution in [0.2, 0.25) is 0 Å². The Morgan fingerprint density at radius 1 is 1.22 bits per heavy atom. The van der Waals surface area contributed by atoms with Gasteiger partial charge in [0.2, 0.25) is 15.9 Å². The van der Waals surface area contributed by atoms with Crippen molar-refractivity contribution in [2.24, 2.45) is 0 Å². The van der Waals surface area contributed by atoms with E-state index in [1.165, 1.54) is 14.2 Å². The summed E-state index contributed by atoms with van der Waals surface area (Å²) in [7, 11) is -0.505. The van der Waals surface area contributed by atoms with Crippen molar-refractivity contribution in [2.75, 3.05) is 38.9 Å². The number of carbonyl (C=O) groups is 1. The minimum atomic E-state index is -3.57. The average molecular weight is 397 g/mol. The number of hydrogen-bond donors (Lipinski definition) is 1. The number of benzene rings is 1. The number of carbonyl (C=O) groups excluding carboxylic acids is 1. The van der Waals surface area contributed by atoms with Crippen LogP contribution in [0.5, 0.6) is 11.5 Å². The van der Waals surface area contributed by atoms with Gasteiger partial charge in [-0.3, -0.25) is 4.79 Å². The molecule has 10 heteroatoms. The normalized spacial score (nSPS) is 11.4. The molecule has 0 fully saturated rings. The van der Waals surface area contributed by atoms with E-state index in [-0.39, 0.29) is 18.9 Å². The van der Waals surface area contributed by atoms with Crippen LogP contribution in [0.3, 0.4) is 0 Å². The van der Waals surface area contributed by atoms with E-state index in [1.807, 2.05) is 6.07 Å². The molecule has 0 unspecified atom stereocenters. The van der Waals surface area contributed by atoms with E-state index in [0.29, 0.717) is 23.7 Å². The molecule has 0 saturated carbocycles. The molecule has 9 nitrogen and oxygen atoms in total. The van der Waals surface area contributed by atoms with E-state index in [9.17, 15) is 13.2 Å². The summed E-state index contributed by atoms with van der Waals surface area (Å²) >= 11 is 0. The molecule has 0 aliphatic heterocycles. The zero-order valence-electron chi connectivity index (χ0n) is 15.7. The summed E-state index contributed by atoms with van der Waals surface area (Å²) < 4.78 is 40.5. The predicted molar refractivity (Wildman–Crippen MR) is 99.5 cm³/mol. The Balaban J connectivity index is 2.03. The molecule has 2 rings (SSSR count). The first kappa shape index (κ1) is 20.7. The van der Waals surface area contributed by atoms with Gasteiger partial charge in [-0.2, -0.15) is 4.31 Å². The monoisotopic (exact) mass is 397 g/mol. The Bertz CT molecular complexity index is 894. The summed E-state index contributed by atoms with van der Waals surface area (Å²) in [5.74, 6) is 1.43. The molecule has 0 saturated heterocycles. The first-order valence-corrected chi connectivity index (χ1v) is 9.97. The number of methoxy groups -OCH3 is 2. The molecule has 0 spiro atoms. The minimum Gasteiger partial charge on any atom is -0.493 e. The number of hydrogen-bond acceptors (Lipinski definition) is 7. The SMILES string of the molecule is COc1ccc(CCN(CC(=O)Nc2cc(C)on2)S(C)(=O)=O)cc1OC. The fraction of sp³-hybridized carbons (Fsp3) is 0.412. The second-order valence-corrected chi connectivity index (χ2v) is 7.89. The summed E-state index contributed by atoms with van der Waals surface area (Å²) in [6, 6.07) is 6.89. The lowest BCUT2D eigenvalue weighted by Gasteiger charge is -2.19. The van der Waals surface area contributed by atoms with Crippen molar-refractivity contribution >= 4 is 21.7 Å². The highest BCUT2D eigenvalue weighted by atomic mass is 32.2. The Morgan fingerprint density at radius 3 is 2.48 bits per heavy atom. The molecule has 0 atom stereocenters. The van der Waals surface area contributed by atoms with E-state index in [1.54, 1.807) is 25.1 Å². The van der Waals surface area contributed by atoms with Crippen LogP contribution in [0, 0.1) is 6.92 Å². The zero-order valence-corrected chi connectivity index (χ0v) is 16.5. The Kier molecular flexibility index (Phi) is 6.81. The molecule has 1 heterocycles. The molecule has 0 aliphatic carbocycles. The third-order valence-electron chi connectivity index (χ3n) is 3.78. The van der Waals surface area contributed by atoms with Crippen LogP contribution < -0.4 is 14.8 Å². The molecule has 0 radical (unpaired) electrons. The van der Waals surface area contributed by atoms with Crippen LogP contribution in [-0.2, 0) is 21.2 Å². The van der Waals surface area contributed by atoms with Crippen molar-refractivity contribution < 1.29 is 27.2 Å². The maximum Gasteiger partial charge on any atom is 0.240 e. The highest BCUT2D eigenvalue weighted by Gasteiger charge is 2.21. The Hall–Kier alpha value is -2.59. The zero-order chi connectivity index (χ0) is 20.0. The van der Waals surface area contributed by atoms with Crippen LogP contribution in [0.1, 0.15) is 11.3 Å². The van der Waals surface area contributed by atoms with E-state index < -0.39 is 15.9 Å². The topological polar surface area (TPSA) is 111 Å². The Morgan fingerprint density at radius 2 is 1.93 bits per heavy atom. The van der Waals surface area contributed by atoms with Gasteiger partial charge in [-0.05, 0) is 31.0 Å². The molecule has 1 N–H and O–H groups in total. The van der Waals surface area contributed by atoms with Crippen molar-refractivity contribution in [1.29, 1.82) is 0 Å². The summed E-state index contributed by atoms with van der Waals surface area (Å²) in [6.45, 7) is 1.51. The number of rotatable bonds is 9. The molecule has 1 aromatic carbocycles. The number of nitrogens with zero attached hydrogens (tertiary/aromatic N) is 2. The van der Waals surface area contributed by atoms with Crippen molar-refractivity contribution in [3.8, 4) is 11.5 Å².